The average Bonchev–Trinajstić information content (AvgIpc) is 3.26. The van der Waals surface area contributed by atoms with E-state index in [1.807, 2.05) is 13.0 Å². The van der Waals surface area contributed by atoms with E-state index in [-0.39, 0.29) is 6.61 Å². The lowest BCUT2D eigenvalue weighted by Gasteiger charge is -2.12. The van der Waals surface area contributed by atoms with Gasteiger partial charge in [-0.2, -0.15) is 0 Å². The summed E-state index contributed by atoms with van der Waals surface area (Å²) in [5, 5.41) is 10.9. The molecule has 144 valence electrons. The van der Waals surface area contributed by atoms with E-state index >= 15 is 0 Å². The first-order chi connectivity index (χ1) is 13.7. The molecule has 3 rings (SSSR count). The molecule has 0 saturated carbocycles. The number of nitrogens with one attached hydrogen (secondary N) is 2. The van der Waals surface area contributed by atoms with Gasteiger partial charge in [-0.25, -0.2) is 4.68 Å². The van der Waals surface area contributed by atoms with Crippen molar-refractivity contribution in [2.45, 2.75) is 6.92 Å². The van der Waals surface area contributed by atoms with Crippen molar-refractivity contribution in [3.63, 3.8) is 0 Å². The zero-order chi connectivity index (χ0) is 19.8. The first kappa shape index (κ1) is 18.8. The molecule has 2 aromatic carbocycles. The van der Waals surface area contributed by atoms with Crippen LogP contribution in [0.3, 0.4) is 0 Å². The minimum Gasteiger partial charge on any atom is -0.490 e. The van der Waals surface area contributed by atoms with E-state index in [2.05, 4.69) is 26.4 Å². The SMILES string of the molecule is CCOc1ccccc1OCC(=O)NNC(=O)c1ccc(-n2cnnn2)cc1. The fourth-order valence-electron chi connectivity index (χ4n) is 2.27. The second kappa shape index (κ2) is 9.12. The van der Waals surface area contributed by atoms with Gasteiger partial charge in [0.15, 0.2) is 18.1 Å². The summed E-state index contributed by atoms with van der Waals surface area (Å²) in [6.45, 7) is 2.06. The zero-order valence-corrected chi connectivity index (χ0v) is 15.0. The van der Waals surface area contributed by atoms with Crippen molar-refractivity contribution < 1.29 is 19.1 Å². The van der Waals surface area contributed by atoms with Gasteiger partial charge in [0.2, 0.25) is 0 Å². The van der Waals surface area contributed by atoms with Crippen LogP contribution >= 0.6 is 0 Å². The van der Waals surface area contributed by atoms with Gasteiger partial charge in [0.1, 0.15) is 6.33 Å². The summed E-state index contributed by atoms with van der Waals surface area (Å²) >= 11 is 0. The third-order valence-electron chi connectivity index (χ3n) is 3.57. The second-order valence-corrected chi connectivity index (χ2v) is 5.47. The monoisotopic (exact) mass is 382 g/mol. The highest BCUT2D eigenvalue weighted by Gasteiger charge is 2.10. The Labute approximate surface area is 160 Å². The van der Waals surface area contributed by atoms with E-state index in [1.54, 1.807) is 42.5 Å². The number of para-hydroxylation sites is 2. The number of hydrogen-bond acceptors (Lipinski definition) is 7. The van der Waals surface area contributed by atoms with Crippen molar-refractivity contribution in [1.82, 2.24) is 31.1 Å². The van der Waals surface area contributed by atoms with Gasteiger partial charge in [-0.3, -0.25) is 20.4 Å². The number of rotatable bonds is 7. The van der Waals surface area contributed by atoms with Gasteiger partial charge in [0.05, 0.1) is 12.3 Å². The van der Waals surface area contributed by atoms with Crippen molar-refractivity contribution in [2.24, 2.45) is 0 Å². The largest absolute Gasteiger partial charge is 0.490 e. The molecular weight excluding hydrogens is 364 g/mol. The molecule has 0 saturated heterocycles. The molecule has 0 atom stereocenters. The molecule has 2 amide bonds. The van der Waals surface area contributed by atoms with Crippen LogP contribution in [0.5, 0.6) is 11.5 Å². The number of carbonyl (C=O) groups excluding carboxylic acids is 2. The van der Waals surface area contributed by atoms with Crippen LogP contribution in [0.4, 0.5) is 0 Å². The number of hydrogen-bond donors (Lipinski definition) is 2. The number of benzene rings is 2. The van der Waals surface area contributed by atoms with Crippen LogP contribution in [0, 0.1) is 0 Å². The fourth-order valence-corrected chi connectivity index (χ4v) is 2.27. The van der Waals surface area contributed by atoms with Crippen LogP contribution < -0.4 is 20.3 Å². The van der Waals surface area contributed by atoms with Crippen LogP contribution in [0.15, 0.2) is 54.9 Å². The molecule has 2 N–H and O–H groups in total. The molecule has 0 aliphatic heterocycles. The topological polar surface area (TPSA) is 120 Å². The highest BCUT2D eigenvalue weighted by atomic mass is 16.5. The molecule has 1 aromatic heterocycles. The summed E-state index contributed by atoms with van der Waals surface area (Å²) in [5.41, 5.74) is 5.70. The average molecular weight is 382 g/mol. The van der Waals surface area contributed by atoms with Crippen molar-refractivity contribution in [1.29, 1.82) is 0 Å². The second-order valence-electron chi connectivity index (χ2n) is 5.47. The lowest BCUT2D eigenvalue weighted by Crippen LogP contribution is -2.43. The first-order valence-electron chi connectivity index (χ1n) is 8.44. The van der Waals surface area contributed by atoms with Crippen molar-refractivity contribution in [3.05, 3.63) is 60.4 Å². The number of nitrogens with zero attached hydrogens (tertiary/aromatic N) is 4. The number of amides is 2. The molecule has 10 heteroatoms. The zero-order valence-electron chi connectivity index (χ0n) is 15.0. The third-order valence-corrected chi connectivity index (χ3v) is 3.57. The molecule has 28 heavy (non-hydrogen) atoms. The van der Waals surface area contributed by atoms with Crippen molar-refractivity contribution in [3.8, 4) is 17.2 Å². The Balaban J connectivity index is 1.48. The highest BCUT2D eigenvalue weighted by molar-refractivity contribution is 5.95. The van der Waals surface area contributed by atoms with E-state index in [4.69, 9.17) is 9.47 Å². The molecule has 0 aliphatic rings. The molecule has 10 nitrogen and oxygen atoms in total. The van der Waals surface area contributed by atoms with Crippen LogP contribution in [0.1, 0.15) is 17.3 Å². The van der Waals surface area contributed by atoms with E-state index < -0.39 is 11.8 Å². The Morgan fingerprint density at radius 1 is 1.00 bits per heavy atom. The van der Waals surface area contributed by atoms with E-state index in [0.717, 1.165) is 0 Å². The Hall–Kier alpha value is -3.95. The maximum atomic E-state index is 12.1. The number of carbonyl (C=O) groups is 2. The number of hydrazine groups is 1. The van der Waals surface area contributed by atoms with Crippen LogP contribution in [0.25, 0.3) is 5.69 Å². The predicted molar refractivity (Wildman–Crippen MR) is 97.9 cm³/mol. The minimum absolute atomic E-state index is 0.275. The molecule has 0 bridgehead atoms. The summed E-state index contributed by atoms with van der Waals surface area (Å²) < 4.78 is 12.3. The third kappa shape index (κ3) is 4.81. The van der Waals surface area contributed by atoms with Crippen LogP contribution in [0.2, 0.25) is 0 Å². The van der Waals surface area contributed by atoms with Crippen molar-refractivity contribution in [2.75, 3.05) is 13.2 Å². The molecule has 0 spiro atoms. The Kier molecular flexibility index (Phi) is 6.13. The summed E-state index contributed by atoms with van der Waals surface area (Å²) in [6, 6.07) is 13.6. The molecular formula is C18H18N6O4. The molecule has 0 unspecified atom stereocenters. The lowest BCUT2D eigenvalue weighted by atomic mass is 10.2. The maximum absolute atomic E-state index is 12.1. The molecule has 0 fully saturated rings. The Morgan fingerprint density at radius 2 is 1.71 bits per heavy atom. The number of aromatic nitrogens is 4. The van der Waals surface area contributed by atoms with E-state index in [0.29, 0.717) is 29.4 Å². The molecule has 0 radical (unpaired) electrons. The minimum atomic E-state index is -0.509. The lowest BCUT2D eigenvalue weighted by molar-refractivity contribution is -0.123. The van der Waals surface area contributed by atoms with Crippen LogP contribution in [-0.2, 0) is 4.79 Å². The fraction of sp³-hybridized carbons (Fsp3) is 0.167. The van der Waals surface area contributed by atoms with Gasteiger partial charge in [0.25, 0.3) is 11.8 Å². The quantitative estimate of drug-likeness (QED) is 0.583. The highest BCUT2D eigenvalue weighted by Crippen LogP contribution is 2.26. The summed E-state index contributed by atoms with van der Waals surface area (Å²) in [6.07, 6.45) is 1.44. The number of tetrazole rings is 1. The first-order valence-corrected chi connectivity index (χ1v) is 8.44. The van der Waals surface area contributed by atoms with E-state index in [1.165, 1.54) is 11.0 Å². The van der Waals surface area contributed by atoms with Crippen molar-refractivity contribution >= 4 is 11.8 Å². The maximum Gasteiger partial charge on any atom is 0.276 e. The smallest absolute Gasteiger partial charge is 0.276 e. The Morgan fingerprint density at radius 3 is 2.36 bits per heavy atom. The predicted octanol–water partition coefficient (Wildman–Crippen LogP) is 0.901. The van der Waals surface area contributed by atoms with Gasteiger partial charge < -0.3 is 9.47 Å². The summed E-state index contributed by atoms with van der Waals surface area (Å²) in [4.78, 5) is 24.0. The van der Waals surface area contributed by atoms with Gasteiger partial charge in [0, 0.05) is 5.56 Å². The number of ether oxygens (including phenoxy) is 2. The Bertz CT molecular complexity index is 928. The molecule has 0 aliphatic carbocycles. The summed E-state index contributed by atoms with van der Waals surface area (Å²) in [7, 11) is 0. The standard InChI is InChI=1S/C18H18N6O4/c1-2-27-15-5-3-4-6-16(15)28-11-17(25)20-21-18(26)13-7-9-14(10-8-13)24-12-19-22-23-24/h3-10,12H,2,11H2,1H3,(H,20,25)(H,21,26). The van der Waals surface area contributed by atoms with Gasteiger partial charge >= 0.3 is 0 Å². The van der Waals surface area contributed by atoms with Gasteiger partial charge in [-0.05, 0) is 53.7 Å². The van der Waals surface area contributed by atoms with E-state index in [9.17, 15) is 9.59 Å². The normalized spacial score (nSPS) is 10.2. The molecule has 3 aromatic rings. The van der Waals surface area contributed by atoms with Crippen LogP contribution in [-0.4, -0.2) is 45.2 Å². The van der Waals surface area contributed by atoms with Gasteiger partial charge in [-0.1, -0.05) is 12.1 Å². The molecule has 1 heterocycles. The summed E-state index contributed by atoms with van der Waals surface area (Å²) in [5.74, 6) is 0.0183. The van der Waals surface area contributed by atoms with Gasteiger partial charge in [-0.15, -0.1) is 5.10 Å².